The SMILES string of the molecule is C=C(CCCC(CCC)CC1=C(C(C)C(C)C(C)=COC(=C)C2CC2)CC(C(O)CCCCCC(=O)CCCC)C=C1)OC(C=CC=CC)C(=C)C. The number of hydrogen-bond donors (Lipinski definition) is 1. The van der Waals surface area contributed by atoms with Gasteiger partial charge in [0.1, 0.15) is 11.9 Å². The van der Waals surface area contributed by atoms with Crippen LogP contribution in [-0.4, -0.2) is 23.1 Å². The summed E-state index contributed by atoms with van der Waals surface area (Å²) in [4.78, 5) is 12.1. The first-order valence-corrected chi connectivity index (χ1v) is 20.8. The molecular weight excluding hydrogens is 641 g/mol. The molecule has 1 fully saturated rings. The van der Waals surface area contributed by atoms with Crippen molar-refractivity contribution in [3.8, 4) is 0 Å². The van der Waals surface area contributed by atoms with Crippen LogP contribution < -0.4 is 0 Å². The van der Waals surface area contributed by atoms with Crippen LogP contribution in [0.25, 0.3) is 0 Å². The summed E-state index contributed by atoms with van der Waals surface area (Å²) in [5.41, 5.74) is 5.15. The molecule has 6 atom stereocenters. The molecule has 0 heterocycles. The molecule has 52 heavy (non-hydrogen) atoms. The highest BCUT2D eigenvalue weighted by molar-refractivity contribution is 5.78. The number of aliphatic hydroxyl groups is 1. The largest absolute Gasteiger partial charge is 0.487 e. The fourth-order valence-electron chi connectivity index (χ4n) is 7.26. The Morgan fingerprint density at radius 3 is 2.33 bits per heavy atom. The molecule has 1 N–H and O–H groups in total. The monoisotopic (exact) mass is 717 g/mol. The van der Waals surface area contributed by atoms with Crippen molar-refractivity contribution in [3.05, 3.63) is 96.3 Å². The van der Waals surface area contributed by atoms with Crippen molar-refractivity contribution in [1.29, 1.82) is 0 Å². The first kappa shape index (κ1) is 45.3. The van der Waals surface area contributed by atoms with Crippen LogP contribution in [0.1, 0.15) is 158 Å². The molecular formula is C48H76O4. The molecule has 2 aliphatic carbocycles. The third-order valence-electron chi connectivity index (χ3n) is 11.3. The molecule has 0 amide bonds. The van der Waals surface area contributed by atoms with Gasteiger partial charge in [-0.15, -0.1) is 0 Å². The van der Waals surface area contributed by atoms with Crippen molar-refractivity contribution in [3.63, 3.8) is 0 Å². The molecule has 4 nitrogen and oxygen atoms in total. The van der Waals surface area contributed by atoms with Crippen LogP contribution in [0.5, 0.6) is 0 Å². The second-order valence-corrected chi connectivity index (χ2v) is 16.0. The van der Waals surface area contributed by atoms with Gasteiger partial charge < -0.3 is 14.6 Å². The Kier molecular flexibility index (Phi) is 22.0. The lowest BCUT2D eigenvalue weighted by atomic mass is 9.73. The second-order valence-electron chi connectivity index (χ2n) is 16.0. The van der Waals surface area contributed by atoms with Gasteiger partial charge in [-0.2, -0.15) is 0 Å². The summed E-state index contributed by atoms with van der Waals surface area (Å²) in [7, 11) is 0. The van der Waals surface area contributed by atoms with Crippen molar-refractivity contribution in [2.45, 2.75) is 170 Å². The van der Waals surface area contributed by atoms with Crippen LogP contribution in [0.3, 0.4) is 0 Å². The summed E-state index contributed by atoms with van der Waals surface area (Å²) in [6, 6.07) is 0. The van der Waals surface area contributed by atoms with Gasteiger partial charge in [-0.05, 0) is 119 Å². The van der Waals surface area contributed by atoms with Crippen molar-refractivity contribution in [2.24, 2.45) is 29.6 Å². The van der Waals surface area contributed by atoms with Gasteiger partial charge in [0, 0.05) is 31.1 Å². The molecule has 0 spiro atoms. The zero-order valence-corrected chi connectivity index (χ0v) is 34.4. The topological polar surface area (TPSA) is 55.8 Å². The van der Waals surface area contributed by atoms with Crippen LogP contribution in [0, 0.1) is 29.6 Å². The Morgan fingerprint density at radius 2 is 1.67 bits per heavy atom. The van der Waals surface area contributed by atoms with Crippen molar-refractivity contribution < 1.29 is 19.4 Å². The highest BCUT2D eigenvalue weighted by Gasteiger charge is 2.30. The molecule has 2 aliphatic rings. The average Bonchev–Trinajstić information content (AvgIpc) is 3.98. The Morgan fingerprint density at radius 1 is 0.942 bits per heavy atom. The van der Waals surface area contributed by atoms with E-state index in [0.29, 0.717) is 42.3 Å². The van der Waals surface area contributed by atoms with E-state index >= 15 is 0 Å². The highest BCUT2D eigenvalue weighted by atomic mass is 16.5. The first-order valence-electron chi connectivity index (χ1n) is 20.8. The van der Waals surface area contributed by atoms with Gasteiger partial charge in [-0.3, -0.25) is 4.79 Å². The number of unbranched alkanes of at least 4 members (excludes halogenated alkanes) is 3. The number of carbonyl (C=O) groups excluding carboxylic acids is 1. The number of allylic oxidation sites excluding steroid dienone is 9. The normalized spacial score (nSPS) is 19.5. The summed E-state index contributed by atoms with van der Waals surface area (Å²) in [6.45, 7) is 27.8. The lowest BCUT2D eigenvalue weighted by Gasteiger charge is -2.33. The van der Waals surface area contributed by atoms with E-state index in [9.17, 15) is 9.90 Å². The second kappa shape index (κ2) is 25.2. The van der Waals surface area contributed by atoms with E-state index in [-0.39, 0.29) is 18.1 Å². The number of hydrogen-bond acceptors (Lipinski definition) is 4. The molecule has 2 rings (SSSR count). The lowest BCUT2D eigenvalue weighted by Crippen LogP contribution is -2.25. The Hall–Kier alpha value is -2.85. The number of Topliss-reactive ketones (excluding diaryl/α,β-unsaturated/α-hetero) is 1. The van der Waals surface area contributed by atoms with E-state index in [1.54, 1.807) is 0 Å². The predicted molar refractivity (Wildman–Crippen MR) is 223 cm³/mol. The number of aliphatic hydroxyl groups excluding tert-OH is 1. The Balaban J connectivity index is 2.13. The molecule has 6 unspecified atom stereocenters. The van der Waals surface area contributed by atoms with E-state index in [1.165, 1.54) is 36.0 Å². The van der Waals surface area contributed by atoms with Crippen molar-refractivity contribution >= 4 is 5.78 Å². The maximum atomic E-state index is 12.1. The van der Waals surface area contributed by atoms with Gasteiger partial charge in [-0.25, -0.2) is 0 Å². The lowest BCUT2D eigenvalue weighted by molar-refractivity contribution is -0.119. The summed E-state index contributed by atoms with van der Waals surface area (Å²) in [5, 5.41) is 11.4. The summed E-state index contributed by atoms with van der Waals surface area (Å²) in [6.07, 6.45) is 30.9. The smallest absolute Gasteiger partial charge is 0.137 e. The minimum Gasteiger partial charge on any atom is -0.487 e. The van der Waals surface area contributed by atoms with Crippen LogP contribution in [-0.2, 0) is 14.3 Å². The number of carbonyl (C=O) groups is 1. The van der Waals surface area contributed by atoms with Crippen LogP contribution in [0.2, 0.25) is 0 Å². The Bertz CT molecular complexity index is 1270. The maximum Gasteiger partial charge on any atom is 0.137 e. The van der Waals surface area contributed by atoms with Crippen LogP contribution >= 0.6 is 0 Å². The fraction of sp³-hybridized carbons (Fsp3) is 0.646. The van der Waals surface area contributed by atoms with Crippen molar-refractivity contribution in [1.82, 2.24) is 0 Å². The van der Waals surface area contributed by atoms with Gasteiger partial charge in [0.2, 0.25) is 0 Å². The van der Waals surface area contributed by atoms with E-state index in [4.69, 9.17) is 9.47 Å². The highest BCUT2D eigenvalue weighted by Crippen LogP contribution is 2.41. The van der Waals surface area contributed by atoms with E-state index < -0.39 is 0 Å². The van der Waals surface area contributed by atoms with E-state index in [1.807, 2.05) is 44.4 Å². The molecule has 292 valence electrons. The van der Waals surface area contributed by atoms with Crippen LogP contribution in [0.4, 0.5) is 0 Å². The summed E-state index contributed by atoms with van der Waals surface area (Å²) < 4.78 is 12.2. The molecule has 1 saturated carbocycles. The van der Waals surface area contributed by atoms with Gasteiger partial charge in [0.05, 0.1) is 23.9 Å². The van der Waals surface area contributed by atoms with E-state index in [2.05, 4.69) is 66.5 Å². The molecule has 0 aromatic heterocycles. The summed E-state index contributed by atoms with van der Waals surface area (Å²) in [5.74, 6) is 3.94. The van der Waals surface area contributed by atoms with E-state index in [0.717, 1.165) is 94.1 Å². The molecule has 0 aromatic carbocycles. The van der Waals surface area contributed by atoms with Gasteiger partial charge >= 0.3 is 0 Å². The average molecular weight is 717 g/mol. The number of rotatable bonds is 29. The molecule has 4 heteroatoms. The third-order valence-corrected chi connectivity index (χ3v) is 11.3. The number of ether oxygens (including phenoxy) is 2. The zero-order valence-electron chi connectivity index (χ0n) is 34.4. The standard InChI is InChI=1S/C48H76O4/c1-11-14-17-27-48(35(4)5)52-37(7)22-20-23-41(21-13-3)32-43-30-31-44(47(50)26-19-16-18-25-45(49)24-15-12-2)33-46(43)39(9)38(8)36(6)34-51-40(10)42-28-29-42/h11,14,17,27,30-31,34,38-39,41-42,44,47-48,50H,4,7,10,12-13,15-16,18-26,28-29,32-33H2,1-3,5-6,8-9H3. The van der Waals surface area contributed by atoms with Gasteiger partial charge in [0.15, 0.2) is 0 Å². The zero-order chi connectivity index (χ0) is 38.5. The Labute approximate surface area is 320 Å². The minimum absolute atomic E-state index is 0.114. The number of ketones is 1. The first-order chi connectivity index (χ1) is 24.9. The molecule has 0 aliphatic heterocycles. The van der Waals surface area contributed by atoms with Gasteiger partial charge in [0.25, 0.3) is 0 Å². The molecule has 0 radical (unpaired) electrons. The van der Waals surface area contributed by atoms with Crippen molar-refractivity contribution in [2.75, 3.05) is 0 Å². The fourth-order valence-corrected chi connectivity index (χ4v) is 7.26. The third kappa shape index (κ3) is 17.3. The summed E-state index contributed by atoms with van der Waals surface area (Å²) >= 11 is 0. The molecule has 0 saturated heterocycles. The minimum atomic E-state index is -0.374. The van der Waals surface area contributed by atoms with Gasteiger partial charge in [-0.1, -0.05) is 115 Å². The maximum absolute atomic E-state index is 12.1. The molecule has 0 aromatic rings. The predicted octanol–water partition coefficient (Wildman–Crippen LogP) is 13.6. The molecule has 0 bridgehead atoms. The quantitative estimate of drug-likeness (QED) is 0.0362. The van der Waals surface area contributed by atoms with Crippen LogP contribution in [0.15, 0.2) is 96.3 Å².